The van der Waals surface area contributed by atoms with E-state index in [-0.39, 0.29) is 0 Å². The van der Waals surface area contributed by atoms with Gasteiger partial charge in [0.15, 0.2) is 0 Å². The van der Waals surface area contributed by atoms with Crippen LogP contribution in [-0.2, 0) is 0 Å². The molecule has 0 rings (SSSR count). The lowest BCUT2D eigenvalue weighted by atomic mass is 10.2. The molecule has 0 atom stereocenters. The third-order valence-electron chi connectivity index (χ3n) is 1.19. The van der Waals surface area contributed by atoms with Gasteiger partial charge >= 0.3 is 0 Å². The Balaban J connectivity index is 4.52. The quantitative estimate of drug-likeness (QED) is 0.327. The first-order valence-electron chi connectivity index (χ1n) is 2.81. The highest BCUT2D eigenvalue weighted by Crippen LogP contribution is 2.16. The smallest absolute Gasteiger partial charge is 0.0816 e. The maximum absolute atomic E-state index is 8.03. The summed E-state index contributed by atoms with van der Waals surface area (Å²) in [6.07, 6.45) is 0.501. The van der Waals surface area contributed by atoms with Crippen molar-refractivity contribution in [3.8, 4) is 0 Å². The van der Waals surface area contributed by atoms with Crippen molar-refractivity contribution < 1.29 is 0 Å². The van der Waals surface area contributed by atoms with Crippen molar-refractivity contribution in [2.24, 2.45) is 10.2 Å². The van der Waals surface area contributed by atoms with E-state index in [0.29, 0.717) is 6.42 Å². The molecule has 0 amide bonds. The summed E-state index contributed by atoms with van der Waals surface area (Å²) in [5.41, 5.74) is 15.1. The molecule has 0 aromatic heterocycles. The minimum atomic E-state index is -0.941. The molecule has 6 heteroatoms. The summed E-state index contributed by atoms with van der Waals surface area (Å²) < 4.78 is 0. The number of rotatable bonds is 3. The van der Waals surface area contributed by atoms with E-state index in [1.807, 2.05) is 0 Å². The fourth-order valence-electron chi connectivity index (χ4n) is 0.354. The van der Waals surface area contributed by atoms with Gasteiger partial charge in [-0.2, -0.15) is 0 Å². The zero-order valence-electron chi connectivity index (χ0n) is 5.89. The molecular formula is C4H8N6. The van der Waals surface area contributed by atoms with Crippen LogP contribution in [0.15, 0.2) is 10.2 Å². The van der Waals surface area contributed by atoms with Crippen molar-refractivity contribution in [2.45, 2.75) is 25.9 Å². The molecule has 0 saturated carbocycles. The van der Waals surface area contributed by atoms with Crippen LogP contribution in [0.1, 0.15) is 20.3 Å². The topological polar surface area (TPSA) is 97.5 Å². The van der Waals surface area contributed by atoms with Crippen molar-refractivity contribution in [3.63, 3.8) is 0 Å². The Morgan fingerprint density at radius 3 is 1.90 bits per heavy atom. The Morgan fingerprint density at radius 2 is 1.70 bits per heavy atom. The second kappa shape index (κ2) is 3.61. The van der Waals surface area contributed by atoms with Crippen LogP contribution in [0, 0.1) is 0 Å². The zero-order chi connectivity index (χ0) is 8.04. The summed E-state index contributed by atoms with van der Waals surface area (Å²) in [6.45, 7) is 3.36. The predicted molar refractivity (Wildman–Crippen MR) is 37.0 cm³/mol. The molecule has 0 aromatic carbocycles. The van der Waals surface area contributed by atoms with E-state index < -0.39 is 5.66 Å². The van der Waals surface area contributed by atoms with Crippen LogP contribution < -0.4 is 0 Å². The van der Waals surface area contributed by atoms with Crippen molar-refractivity contribution in [1.82, 2.24) is 0 Å². The molecular weight excluding hydrogens is 132 g/mol. The molecule has 0 aliphatic heterocycles. The number of azide groups is 1. The second-order valence-corrected chi connectivity index (χ2v) is 1.95. The molecule has 0 heterocycles. The average Bonchev–Trinajstić information content (AvgIpc) is 1.89. The third kappa shape index (κ3) is 2.26. The first-order valence-corrected chi connectivity index (χ1v) is 2.81. The van der Waals surface area contributed by atoms with E-state index in [1.54, 1.807) is 13.8 Å². The second-order valence-electron chi connectivity index (χ2n) is 1.95. The summed E-state index contributed by atoms with van der Waals surface area (Å²) in [4.78, 5) is 5.11. The summed E-state index contributed by atoms with van der Waals surface area (Å²) in [5.74, 6) is 0. The van der Waals surface area contributed by atoms with Crippen LogP contribution >= 0.6 is 0 Å². The van der Waals surface area contributed by atoms with Crippen LogP contribution in [0.4, 0.5) is 0 Å². The van der Waals surface area contributed by atoms with E-state index in [4.69, 9.17) is 11.1 Å². The monoisotopic (exact) mass is 140 g/mol. The maximum atomic E-state index is 8.03. The van der Waals surface area contributed by atoms with Crippen LogP contribution in [0.3, 0.4) is 0 Å². The van der Waals surface area contributed by atoms with Gasteiger partial charge in [0.1, 0.15) is 5.66 Å². The standard InChI is InChI=1S/C4H8N6/c1-3-4(2,7-9-5)8-10-6/h3H2,1-2H3. The molecule has 0 radical (unpaired) electrons. The van der Waals surface area contributed by atoms with Crippen LogP contribution in [0.25, 0.3) is 20.9 Å². The average molecular weight is 140 g/mol. The molecule has 0 unspecified atom stereocenters. The van der Waals surface area contributed by atoms with E-state index >= 15 is 0 Å². The highest BCUT2D eigenvalue weighted by Gasteiger charge is 2.16. The van der Waals surface area contributed by atoms with Gasteiger partial charge in [-0.25, -0.2) is 0 Å². The molecule has 0 spiro atoms. The lowest BCUT2D eigenvalue weighted by molar-refractivity contribution is 0.468. The molecule has 0 N–H and O–H groups in total. The maximum Gasteiger partial charge on any atom is 0.124 e. The van der Waals surface area contributed by atoms with Gasteiger partial charge in [0.25, 0.3) is 0 Å². The molecule has 10 heavy (non-hydrogen) atoms. The summed E-state index contributed by atoms with van der Waals surface area (Å²) in [7, 11) is 0. The molecule has 6 nitrogen and oxygen atoms in total. The van der Waals surface area contributed by atoms with Crippen LogP contribution in [-0.4, -0.2) is 5.66 Å². The van der Waals surface area contributed by atoms with Gasteiger partial charge in [0, 0.05) is 9.82 Å². The van der Waals surface area contributed by atoms with E-state index in [9.17, 15) is 0 Å². The van der Waals surface area contributed by atoms with Crippen molar-refractivity contribution >= 4 is 0 Å². The third-order valence-corrected chi connectivity index (χ3v) is 1.19. The number of hydrogen-bond acceptors (Lipinski definition) is 2. The first-order chi connectivity index (χ1) is 4.68. The van der Waals surface area contributed by atoms with Gasteiger partial charge in [0.05, 0.1) is 0 Å². The summed E-state index contributed by atoms with van der Waals surface area (Å²) in [5, 5.41) is 6.65. The lowest BCUT2D eigenvalue weighted by Gasteiger charge is -2.12. The minimum Gasteiger partial charge on any atom is -0.0816 e. The van der Waals surface area contributed by atoms with Crippen LogP contribution in [0.2, 0.25) is 0 Å². The van der Waals surface area contributed by atoms with E-state index in [2.05, 4.69) is 20.1 Å². The molecule has 0 fully saturated rings. The number of hydrogen-bond donors (Lipinski definition) is 0. The van der Waals surface area contributed by atoms with Gasteiger partial charge in [-0.1, -0.05) is 17.2 Å². The molecule has 0 aliphatic rings. The molecule has 0 aliphatic carbocycles. The predicted octanol–water partition coefficient (Wildman–Crippen LogP) is 2.73. The van der Waals surface area contributed by atoms with E-state index in [1.165, 1.54) is 0 Å². The lowest BCUT2D eigenvalue weighted by Crippen LogP contribution is -2.14. The van der Waals surface area contributed by atoms with Gasteiger partial charge in [-0.15, -0.1) is 0 Å². The molecule has 54 valence electrons. The van der Waals surface area contributed by atoms with Gasteiger partial charge < -0.3 is 0 Å². The molecule has 0 saturated heterocycles. The Kier molecular flexibility index (Phi) is 3.11. The van der Waals surface area contributed by atoms with Crippen LogP contribution in [0.5, 0.6) is 0 Å². The van der Waals surface area contributed by atoms with E-state index in [0.717, 1.165) is 0 Å². The number of nitrogens with zero attached hydrogens (tertiary/aromatic N) is 6. The Labute approximate surface area is 58.1 Å². The first kappa shape index (κ1) is 8.62. The largest absolute Gasteiger partial charge is 0.124 e. The van der Waals surface area contributed by atoms with Crippen molar-refractivity contribution in [2.75, 3.05) is 0 Å². The molecule has 0 bridgehead atoms. The highest BCUT2D eigenvalue weighted by atomic mass is 15.3. The SMILES string of the molecule is CCC(C)(N=[N+]=[N-])N=[N+]=[N-]. The minimum absolute atomic E-state index is 0.501. The Morgan fingerprint density at radius 1 is 1.30 bits per heavy atom. The zero-order valence-corrected chi connectivity index (χ0v) is 5.89. The molecule has 0 aromatic rings. The Hall–Kier alpha value is -1.38. The van der Waals surface area contributed by atoms with Crippen molar-refractivity contribution in [1.29, 1.82) is 0 Å². The fraction of sp³-hybridized carbons (Fsp3) is 1.00. The summed E-state index contributed by atoms with van der Waals surface area (Å²) in [6, 6.07) is 0. The van der Waals surface area contributed by atoms with Gasteiger partial charge in [-0.05, 0) is 24.4 Å². The fourth-order valence-corrected chi connectivity index (χ4v) is 0.354. The summed E-state index contributed by atoms with van der Waals surface area (Å²) >= 11 is 0. The van der Waals surface area contributed by atoms with Gasteiger partial charge in [-0.3, -0.25) is 0 Å². The normalized spacial score (nSPS) is 14.2. The Bertz CT molecular complexity index is 178. The van der Waals surface area contributed by atoms with Gasteiger partial charge in [0.2, 0.25) is 0 Å². The van der Waals surface area contributed by atoms with Crippen molar-refractivity contribution in [3.05, 3.63) is 20.9 Å². The highest BCUT2D eigenvalue weighted by molar-refractivity contribution is 4.78.